The Hall–Kier alpha value is -2.48. The quantitative estimate of drug-likeness (QED) is 0.729. The number of hydrogen-bond acceptors (Lipinski definition) is 6. The summed E-state index contributed by atoms with van der Waals surface area (Å²) in [5, 5.41) is 2.83. The van der Waals surface area contributed by atoms with Gasteiger partial charge in [0.2, 0.25) is 0 Å². The van der Waals surface area contributed by atoms with Gasteiger partial charge in [-0.3, -0.25) is 4.79 Å². The van der Waals surface area contributed by atoms with Crippen LogP contribution in [0.25, 0.3) is 0 Å². The number of aromatic nitrogens is 2. The second kappa shape index (κ2) is 8.39. The molecule has 1 aromatic heterocycles. The number of carbonyl (C=O) groups excluding carboxylic acids is 2. The van der Waals surface area contributed by atoms with Crippen molar-refractivity contribution in [3.63, 3.8) is 0 Å². The minimum Gasteiger partial charge on any atom is -0.451 e. The molecule has 0 radical (unpaired) electrons. The smallest absolute Gasteiger partial charge is 0.361 e. The van der Waals surface area contributed by atoms with Gasteiger partial charge in [0, 0.05) is 16.9 Å². The minimum absolute atomic E-state index is 0.0378. The van der Waals surface area contributed by atoms with Crippen LogP contribution in [0.1, 0.15) is 35.4 Å². The SMILES string of the molecule is CC[C@@H](NC(=O)COC(=O)c1nccnc1N)c1ccc(Br)cc1. The standard InChI is InChI=1S/C16H17BrN4O3/c1-2-12(10-3-5-11(17)6-4-10)21-13(22)9-24-16(23)14-15(18)20-8-7-19-14/h3-8,12H,2,9H2,1H3,(H2,18,20)(H,21,22)/t12-/m1/s1. The van der Waals surface area contributed by atoms with Gasteiger partial charge in [0.05, 0.1) is 6.04 Å². The number of carbonyl (C=O) groups is 2. The molecule has 0 fully saturated rings. The van der Waals surface area contributed by atoms with Crippen molar-refractivity contribution in [2.75, 3.05) is 12.3 Å². The molecule has 1 aromatic carbocycles. The fraction of sp³-hybridized carbons (Fsp3) is 0.250. The summed E-state index contributed by atoms with van der Waals surface area (Å²) in [5.74, 6) is -1.22. The number of amides is 1. The summed E-state index contributed by atoms with van der Waals surface area (Å²) in [7, 11) is 0. The fourth-order valence-corrected chi connectivity index (χ4v) is 2.32. The number of esters is 1. The summed E-state index contributed by atoms with van der Waals surface area (Å²) >= 11 is 3.37. The topological polar surface area (TPSA) is 107 Å². The maximum atomic E-state index is 12.0. The summed E-state index contributed by atoms with van der Waals surface area (Å²) in [6, 6.07) is 7.49. The Bertz CT molecular complexity index is 722. The van der Waals surface area contributed by atoms with Crippen molar-refractivity contribution in [3.05, 3.63) is 52.4 Å². The van der Waals surface area contributed by atoms with Crippen LogP contribution in [0.5, 0.6) is 0 Å². The number of nitrogens with two attached hydrogens (primary N) is 1. The van der Waals surface area contributed by atoms with Gasteiger partial charge in [-0.15, -0.1) is 0 Å². The number of ether oxygens (including phenoxy) is 1. The van der Waals surface area contributed by atoms with Gasteiger partial charge in [-0.05, 0) is 24.1 Å². The third kappa shape index (κ3) is 4.76. The third-order valence-electron chi connectivity index (χ3n) is 3.27. The summed E-state index contributed by atoms with van der Waals surface area (Å²) in [6.07, 6.45) is 3.40. The van der Waals surface area contributed by atoms with E-state index < -0.39 is 18.5 Å². The van der Waals surface area contributed by atoms with Crippen LogP contribution in [0.4, 0.5) is 5.82 Å². The molecule has 1 heterocycles. The monoisotopic (exact) mass is 392 g/mol. The van der Waals surface area contributed by atoms with Crippen molar-refractivity contribution in [2.24, 2.45) is 0 Å². The highest BCUT2D eigenvalue weighted by molar-refractivity contribution is 9.10. The number of nitrogens with one attached hydrogen (secondary N) is 1. The van der Waals surface area contributed by atoms with E-state index in [-0.39, 0.29) is 17.6 Å². The van der Waals surface area contributed by atoms with Crippen LogP contribution >= 0.6 is 15.9 Å². The van der Waals surface area contributed by atoms with E-state index in [2.05, 4.69) is 31.2 Å². The minimum atomic E-state index is -0.785. The molecule has 0 spiro atoms. The van der Waals surface area contributed by atoms with Crippen molar-refractivity contribution in [2.45, 2.75) is 19.4 Å². The molecule has 126 valence electrons. The number of rotatable bonds is 6. The molecule has 0 saturated carbocycles. The van der Waals surface area contributed by atoms with E-state index >= 15 is 0 Å². The van der Waals surface area contributed by atoms with Crippen LogP contribution in [0.2, 0.25) is 0 Å². The van der Waals surface area contributed by atoms with E-state index in [1.807, 2.05) is 31.2 Å². The maximum absolute atomic E-state index is 12.0. The molecule has 7 nitrogen and oxygen atoms in total. The Morgan fingerprint density at radius 3 is 2.54 bits per heavy atom. The average Bonchev–Trinajstić information content (AvgIpc) is 2.59. The van der Waals surface area contributed by atoms with Crippen LogP contribution in [-0.4, -0.2) is 28.5 Å². The first kappa shape index (κ1) is 17.9. The fourth-order valence-electron chi connectivity index (χ4n) is 2.06. The van der Waals surface area contributed by atoms with E-state index in [4.69, 9.17) is 10.5 Å². The molecule has 0 aliphatic carbocycles. The van der Waals surface area contributed by atoms with Crippen LogP contribution in [0.3, 0.4) is 0 Å². The lowest BCUT2D eigenvalue weighted by molar-refractivity contribution is -0.125. The molecular weight excluding hydrogens is 376 g/mol. The molecule has 1 amide bonds. The Morgan fingerprint density at radius 2 is 1.92 bits per heavy atom. The normalized spacial score (nSPS) is 11.6. The Kier molecular flexibility index (Phi) is 6.25. The number of hydrogen-bond donors (Lipinski definition) is 2. The van der Waals surface area contributed by atoms with Crippen LogP contribution in [0.15, 0.2) is 41.1 Å². The Balaban J connectivity index is 1.91. The molecule has 0 saturated heterocycles. The number of anilines is 1. The van der Waals surface area contributed by atoms with Gasteiger partial charge in [-0.2, -0.15) is 0 Å². The molecule has 0 unspecified atom stereocenters. The zero-order chi connectivity index (χ0) is 17.5. The predicted octanol–water partition coefficient (Wildman–Crippen LogP) is 2.25. The maximum Gasteiger partial charge on any atom is 0.361 e. The molecule has 0 bridgehead atoms. The molecule has 24 heavy (non-hydrogen) atoms. The van der Waals surface area contributed by atoms with E-state index in [0.29, 0.717) is 6.42 Å². The zero-order valence-corrected chi connectivity index (χ0v) is 14.6. The summed E-state index contributed by atoms with van der Waals surface area (Å²) in [4.78, 5) is 31.4. The highest BCUT2D eigenvalue weighted by Crippen LogP contribution is 2.19. The summed E-state index contributed by atoms with van der Waals surface area (Å²) < 4.78 is 5.89. The van der Waals surface area contributed by atoms with Crippen molar-refractivity contribution in [3.8, 4) is 0 Å². The molecule has 3 N–H and O–H groups in total. The van der Waals surface area contributed by atoms with E-state index in [0.717, 1.165) is 10.0 Å². The van der Waals surface area contributed by atoms with Gasteiger partial charge in [-0.25, -0.2) is 14.8 Å². The third-order valence-corrected chi connectivity index (χ3v) is 3.80. The molecular formula is C16H17BrN4O3. The Morgan fingerprint density at radius 1 is 1.25 bits per heavy atom. The van der Waals surface area contributed by atoms with Gasteiger partial charge in [-0.1, -0.05) is 35.0 Å². The predicted molar refractivity (Wildman–Crippen MR) is 92.0 cm³/mol. The Labute approximate surface area is 147 Å². The van der Waals surface area contributed by atoms with Gasteiger partial charge in [0.15, 0.2) is 18.1 Å². The lowest BCUT2D eigenvalue weighted by Crippen LogP contribution is -2.32. The second-order valence-corrected chi connectivity index (χ2v) is 5.86. The van der Waals surface area contributed by atoms with Crippen molar-refractivity contribution in [1.82, 2.24) is 15.3 Å². The number of nitrogens with zero attached hydrogens (tertiary/aromatic N) is 2. The first-order valence-electron chi connectivity index (χ1n) is 7.29. The number of nitrogen functional groups attached to an aromatic ring is 1. The van der Waals surface area contributed by atoms with Gasteiger partial charge < -0.3 is 15.8 Å². The van der Waals surface area contributed by atoms with Crippen LogP contribution < -0.4 is 11.1 Å². The van der Waals surface area contributed by atoms with Gasteiger partial charge in [0.1, 0.15) is 0 Å². The summed E-state index contributed by atoms with van der Waals surface area (Å²) in [5.41, 5.74) is 6.40. The number of halogens is 1. The molecule has 8 heteroatoms. The second-order valence-electron chi connectivity index (χ2n) is 4.95. The summed E-state index contributed by atoms with van der Waals surface area (Å²) in [6.45, 7) is 1.54. The van der Waals surface area contributed by atoms with Gasteiger partial charge >= 0.3 is 5.97 Å². The van der Waals surface area contributed by atoms with Crippen molar-refractivity contribution in [1.29, 1.82) is 0 Å². The average molecular weight is 393 g/mol. The van der Waals surface area contributed by atoms with E-state index in [1.54, 1.807) is 0 Å². The highest BCUT2D eigenvalue weighted by Gasteiger charge is 2.17. The van der Waals surface area contributed by atoms with E-state index in [9.17, 15) is 9.59 Å². The first-order valence-corrected chi connectivity index (χ1v) is 8.09. The van der Waals surface area contributed by atoms with Crippen LogP contribution in [-0.2, 0) is 9.53 Å². The first-order chi connectivity index (χ1) is 11.5. The number of benzene rings is 1. The van der Waals surface area contributed by atoms with Crippen molar-refractivity contribution < 1.29 is 14.3 Å². The van der Waals surface area contributed by atoms with E-state index in [1.165, 1.54) is 12.4 Å². The molecule has 2 aromatic rings. The lowest BCUT2D eigenvalue weighted by atomic mass is 10.0. The molecule has 2 rings (SSSR count). The lowest BCUT2D eigenvalue weighted by Gasteiger charge is -2.17. The molecule has 1 atom stereocenters. The van der Waals surface area contributed by atoms with Crippen LogP contribution in [0, 0.1) is 0 Å². The zero-order valence-electron chi connectivity index (χ0n) is 13.0. The largest absolute Gasteiger partial charge is 0.451 e. The van der Waals surface area contributed by atoms with Crippen molar-refractivity contribution >= 4 is 33.6 Å². The van der Waals surface area contributed by atoms with Gasteiger partial charge in [0.25, 0.3) is 5.91 Å². The highest BCUT2D eigenvalue weighted by atomic mass is 79.9. The molecule has 0 aliphatic heterocycles. The molecule has 0 aliphatic rings.